The summed E-state index contributed by atoms with van der Waals surface area (Å²) in [6.07, 6.45) is 0. The minimum absolute atomic E-state index is 0.313. The van der Waals surface area contributed by atoms with Crippen molar-refractivity contribution in [1.82, 2.24) is 0 Å². The van der Waals surface area contributed by atoms with E-state index in [-0.39, 0.29) is 0 Å². The predicted molar refractivity (Wildman–Crippen MR) is 57.1 cm³/mol. The van der Waals surface area contributed by atoms with Crippen molar-refractivity contribution in [3.8, 4) is 0 Å². The van der Waals surface area contributed by atoms with Crippen molar-refractivity contribution in [2.24, 2.45) is 0 Å². The Kier molecular flexibility index (Phi) is 2.62. The van der Waals surface area contributed by atoms with E-state index in [9.17, 15) is 0 Å². The van der Waals surface area contributed by atoms with Gasteiger partial charge >= 0.3 is 0 Å². The van der Waals surface area contributed by atoms with Crippen LogP contribution in [0.5, 0.6) is 0 Å². The molecule has 0 saturated carbocycles. The standard InChI is InChI=1S/C11H18S/c1-8(2)9-6-7-12-10(9)11(3,4)5/h6-8H,1-5H3. The largest absolute Gasteiger partial charge is 0.148 e. The van der Waals surface area contributed by atoms with Crippen LogP contribution in [0.25, 0.3) is 0 Å². The highest BCUT2D eigenvalue weighted by Crippen LogP contribution is 2.34. The van der Waals surface area contributed by atoms with Gasteiger partial charge in [0, 0.05) is 4.88 Å². The zero-order valence-corrected chi connectivity index (χ0v) is 9.46. The molecular weight excluding hydrogens is 164 g/mol. The highest BCUT2D eigenvalue weighted by molar-refractivity contribution is 7.10. The lowest BCUT2D eigenvalue weighted by atomic mass is 9.88. The van der Waals surface area contributed by atoms with Gasteiger partial charge in [0.05, 0.1) is 0 Å². The third-order valence-electron chi connectivity index (χ3n) is 2.00. The first kappa shape index (κ1) is 9.79. The monoisotopic (exact) mass is 182 g/mol. The van der Waals surface area contributed by atoms with Crippen LogP contribution in [0.3, 0.4) is 0 Å². The zero-order valence-electron chi connectivity index (χ0n) is 8.64. The second-order valence-electron chi connectivity index (χ2n) is 4.61. The molecule has 1 rings (SSSR count). The van der Waals surface area contributed by atoms with Crippen LogP contribution in [0, 0.1) is 0 Å². The molecule has 0 unspecified atom stereocenters. The van der Waals surface area contributed by atoms with Gasteiger partial charge in [-0.15, -0.1) is 11.3 Å². The van der Waals surface area contributed by atoms with Crippen LogP contribution in [0.15, 0.2) is 11.4 Å². The first-order chi connectivity index (χ1) is 5.43. The normalized spacial score (nSPS) is 12.5. The second kappa shape index (κ2) is 3.21. The number of hydrogen-bond acceptors (Lipinski definition) is 1. The van der Waals surface area contributed by atoms with Crippen molar-refractivity contribution in [2.75, 3.05) is 0 Å². The highest BCUT2D eigenvalue weighted by Gasteiger charge is 2.20. The van der Waals surface area contributed by atoms with Crippen molar-refractivity contribution in [2.45, 2.75) is 46.0 Å². The molecule has 0 N–H and O–H groups in total. The van der Waals surface area contributed by atoms with E-state index in [1.165, 1.54) is 10.4 Å². The van der Waals surface area contributed by atoms with Gasteiger partial charge in [-0.3, -0.25) is 0 Å². The van der Waals surface area contributed by atoms with Crippen molar-refractivity contribution in [3.05, 3.63) is 21.9 Å². The van der Waals surface area contributed by atoms with E-state index in [4.69, 9.17) is 0 Å². The lowest BCUT2D eigenvalue weighted by Crippen LogP contribution is -2.11. The summed E-state index contributed by atoms with van der Waals surface area (Å²) in [5.41, 5.74) is 1.83. The molecule has 0 aliphatic heterocycles. The molecule has 1 heterocycles. The average molecular weight is 182 g/mol. The van der Waals surface area contributed by atoms with Gasteiger partial charge in [0.15, 0.2) is 0 Å². The Labute approximate surface area is 79.6 Å². The van der Waals surface area contributed by atoms with Crippen LogP contribution in [-0.2, 0) is 5.41 Å². The summed E-state index contributed by atoms with van der Waals surface area (Å²) in [6, 6.07) is 2.26. The summed E-state index contributed by atoms with van der Waals surface area (Å²) in [4.78, 5) is 1.54. The molecule has 0 bridgehead atoms. The van der Waals surface area contributed by atoms with E-state index in [0.717, 1.165) is 0 Å². The fraction of sp³-hybridized carbons (Fsp3) is 0.636. The summed E-state index contributed by atoms with van der Waals surface area (Å²) in [5, 5.41) is 2.20. The minimum atomic E-state index is 0.313. The Bertz CT molecular complexity index is 250. The first-order valence-corrected chi connectivity index (χ1v) is 5.38. The Hall–Kier alpha value is -0.300. The van der Waals surface area contributed by atoms with Crippen LogP contribution < -0.4 is 0 Å². The quantitative estimate of drug-likeness (QED) is 0.611. The molecular formula is C11H18S. The maximum atomic E-state index is 2.28. The maximum Gasteiger partial charge on any atom is 0.0133 e. The van der Waals surface area contributed by atoms with Gasteiger partial charge in [0.2, 0.25) is 0 Å². The second-order valence-corrected chi connectivity index (χ2v) is 5.53. The van der Waals surface area contributed by atoms with Crippen LogP contribution in [0.1, 0.15) is 51.0 Å². The van der Waals surface area contributed by atoms with Gasteiger partial charge < -0.3 is 0 Å². The number of thiophene rings is 1. The fourth-order valence-corrected chi connectivity index (χ4v) is 2.53. The molecule has 1 aromatic rings. The van der Waals surface area contributed by atoms with E-state index < -0.39 is 0 Å². The molecule has 0 amide bonds. The van der Waals surface area contributed by atoms with Gasteiger partial charge in [-0.1, -0.05) is 34.6 Å². The Morgan fingerprint density at radius 2 is 1.83 bits per heavy atom. The molecule has 1 aromatic heterocycles. The molecule has 0 spiro atoms. The number of hydrogen-bond donors (Lipinski definition) is 0. The summed E-state index contributed by atoms with van der Waals surface area (Å²) < 4.78 is 0. The van der Waals surface area contributed by atoms with Crippen LogP contribution in [-0.4, -0.2) is 0 Å². The summed E-state index contributed by atoms with van der Waals surface area (Å²) >= 11 is 1.88. The van der Waals surface area contributed by atoms with Crippen molar-refractivity contribution in [1.29, 1.82) is 0 Å². The molecule has 0 aliphatic carbocycles. The topological polar surface area (TPSA) is 0 Å². The lowest BCUT2D eigenvalue weighted by molar-refractivity contribution is 0.592. The molecule has 0 saturated heterocycles. The van der Waals surface area contributed by atoms with E-state index in [2.05, 4.69) is 46.1 Å². The average Bonchev–Trinajstić information content (AvgIpc) is 2.30. The summed E-state index contributed by atoms with van der Waals surface area (Å²) in [5.74, 6) is 0.658. The number of rotatable bonds is 1. The SMILES string of the molecule is CC(C)c1ccsc1C(C)(C)C. The van der Waals surface area contributed by atoms with Crippen molar-refractivity contribution < 1.29 is 0 Å². The van der Waals surface area contributed by atoms with Gasteiger partial charge in [0.25, 0.3) is 0 Å². The Morgan fingerprint density at radius 1 is 1.25 bits per heavy atom. The van der Waals surface area contributed by atoms with Gasteiger partial charge in [-0.2, -0.15) is 0 Å². The van der Waals surface area contributed by atoms with Crippen LogP contribution >= 0.6 is 11.3 Å². The molecule has 0 aromatic carbocycles. The first-order valence-electron chi connectivity index (χ1n) is 4.51. The molecule has 0 fully saturated rings. The molecule has 1 heteroatoms. The molecule has 0 aliphatic rings. The van der Waals surface area contributed by atoms with E-state index in [1.54, 1.807) is 0 Å². The third kappa shape index (κ3) is 1.89. The van der Waals surface area contributed by atoms with Crippen molar-refractivity contribution in [3.63, 3.8) is 0 Å². The fourth-order valence-electron chi connectivity index (χ4n) is 1.38. The Balaban J connectivity index is 3.08. The molecule has 0 atom stereocenters. The Morgan fingerprint density at radius 3 is 2.17 bits per heavy atom. The predicted octanol–water partition coefficient (Wildman–Crippen LogP) is 4.17. The molecule has 12 heavy (non-hydrogen) atoms. The van der Waals surface area contributed by atoms with E-state index >= 15 is 0 Å². The van der Waals surface area contributed by atoms with Gasteiger partial charge in [-0.25, -0.2) is 0 Å². The maximum absolute atomic E-state index is 2.28. The molecule has 68 valence electrons. The highest BCUT2D eigenvalue weighted by atomic mass is 32.1. The van der Waals surface area contributed by atoms with Crippen LogP contribution in [0.2, 0.25) is 0 Å². The summed E-state index contributed by atoms with van der Waals surface area (Å²) in [7, 11) is 0. The lowest BCUT2D eigenvalue weighted by Gasteiger charge is -2.20. The van der Waals surface area contributed by atoms with E-state index in [1.807, 2.05) is 11.3 Å². The van der Waals surface area contributed by atoms with Crippen molar-refractivity contribution >= 4 is 11.3 Å². The minimum Gasteiger partial charge on any atom is -0.148 e. The van der Waals surface area contributed by atoms with Gasteiger partial charge in [-0.05, 0) is 28.3 Å². The third-order valence-corrected chi connectivity index (χ3v) is 3.35. The van der Waals surface area contributed by atoms with Crippen LogP contribution in [0.4, 0.5) is 0 Å². The molecule has 0 radical (unpaired) electrons. The zero-order chi connectivity index (χ0) is 9.35. The summed E-state index contributed by atoms with van der Waals surface area (Å²) in [6.45, 7) is 11.4. The smallest absolute Gasteiger partial charge is 0.0133 e. The molecule has 0 nitrogen and oxygen atoms in total. The van der Waals surface area contributed by atoms with Gasteiger partial charge in [0.1, 0.15) is 0 Å². The van der Waals surface area contributed by atoms with E-state index in [0.29, 0.717) is 11.3 Å².